The van der Waals surface area contributed by atoms with Gasteiger partial charge < -0.3 is 14.2 Å². The van der Waals surface area contributed by atoms with Crippen LogP contribution in [0.5, 0.6) is 5.75 Å². The van der Waals surface area contributed by atoms with Gasteiger partial charge in [-0.3, -0.25) is 14.4 Å². The maximum absolute atomic E-state index is 15.2. The third-order valence-electron chi connectivity index (χ3n) is 7.01. The summed E-state index contributed by atoms with van der Waals surface area (Å²) in [6.07, 6.45) is 0.0107. The number of esters is 2. The van der Waals surface area contributed by atoms with Gasteiger partial charge in [0.2, 0.25) is 0 Å². The van der Waals surface area contributed by atoms with E-state index >= 15 is 4.39 Å². The fourth-order valence-corrected chi connectivity index (χ4v) is 6.12. The number of ether oxygens (including phenoxy) is 3. The molecule has 3 heterocycles. The summed E-state index contributed by atoms with van der Waals surface area (Å²) >= 11 is 1.62. The van der Waals surface area contributed by atoms with Crippen LogP contribution in [0.2, 0.25) is 0 Å². The number of nitrogens with zero attached hydrogens (tertiary/aromatic N) is 4. The average molecular weight is 605 g/mol. The summed E-state index contributed by atoms with van der Waals surface area (Å²) in [5, 5.41) is 9.61. The van der Waals surface area contributed by atoms with E-state index < -0.39 is 29.4 Å². The first-order valence-corrected chi connectivity index (χ1v) is 14.6. The van der Waals surface area contributed by atoms with Gasteiger partial charge in [0, 0.05) is 27.6 Å². The lowest BCUT2D eigenvalue weighted by molar-refractivity contribution is -0.157. The molecular formula is C32H33FN4O5S. The Morgan fingerprint density at radius 3 is 2.35 bits per heavy atom. The number of aromatic nitrogens is 3. The largest absolute Gasteiger partial charge is 0.482 e. The molecule has 224 valence electrons. The monoisotopic (exact) mass is 604 g/mol. The number of hydrogen-bond acceptors (Lipinski definition) is 9. The highest BCUT2D eigenvalue weighted by molar-refractivity contribution is 7.15. The molecule has 4 aromatic rings. The Bertz CT molecular complexity index is 1730. The van der Waals surface area contributed by atoms with Crippen molar-refractivity contribution in [2.45, 2.75) is 59.6 Å². The molecule has 0 fully saturated rings. The molecule has 0 saturated heterocycles. The van der Waals surface area contributed by atoms with E-state index in [4.69, 9.17) is 19.2 Å². The maximum atomic E-state index is 15.2. The van der Waals surface area contributed by atoms with Crippen molar-refractivity contribution in [3.8, 4) is 21.9 Å². The molecule has 0 saturated carbocycles. The zero-order valence-corrected chi connectivity index (χ0v) is 26.0. The number of rotatable bonds is 7. The third kappa shape index (κ3) is 6.22. The van der Waals surface area contributed by atoms with Gasteiger partial charge in [0.25, 0.3) is 0 Å². The zero-order chi connectivity index (χ0) is 31.1. The van der Waals surface area contributed by atoms with Gasteiger partial charge in [-0.25, -0.2) is 9.18 Å². The second-order valence-corrected chi connectivity index (χ2v) is 12.5. The fourth-order valence-electron chi connectivity index (χ4n) is 4.91. The molecule has 0 N–H and O–H groups in total. The molecule has 1 aliphatic rings. The molecule has 0 unspecified atom stereocenters. The van der Waals surface area contributed by atoms with Crippen LogP contribution in [-0.4, -0.2) is 51.7 Å². The van der Waals surface area contributed by atoms with Gasteiger partial charge in [0.15, 0.2) is 12.4 Å². The molecule has 2 aromatic carbocycles. The molecule has 0 amide bonds. The van der Waals surface area contributed by atoms with Gasteiger partial charge in [0.05, 0.1) is 19.2 Å². The Kier molecular flexibility index (Phi) is 8.20. The van der Waals surface area contributed by atoms with Crippen molar-refractivity contribution in [2.24, 2.45) is 4.99 Å². The van der Waals surface area contributed by atoms with Crippen LogP contribution < -0.4 is 4.74 Å². The van der Waals surface area contributed by atoms with Crippen LogP contribution in [0.3, 0.4) is 0 Å². The van der Waals surface area contributed by atoms with E-state index in [2.05, 4.69) is 24.0 Å². The van der Waals surface area contributed by atoms with Crippen molar-refractivity contribution >= 4 is 29.0 Å². The molecule has 0 aliphatic carbocycles. The van der Waals surface area contributed by atoms with E-state index in [1.807, 2.05) is 35.8 Å². The summed E-state index contributed by atoms with van der Waals surface area (Å²) in [6.45, 7) is 11.0. The van der Waals surface area contributed by atoms with Crippen molar-refractivity contribution in [3.63, 3.8) is 0 Å². The zero-order valence-electron chi connectivity index (χ0n) is 25.1. The molecule has 0 radical (unpaired) electrons. The summed E-state index contributed by atoms with van der Waals surface area (Å²) in [6, 6.07) is 11.3. The summed E-state index contributed by atoms with van der Waals surface area (Å²) < 4.78 is 32.8. The van der Waals surface area contributed by atoms with Crippen LogP contribution in [0.25, 0.3) is 16.1 Å². The van der Waals surface area contributed by atoms with Gasteiger partial charge in [-0.15, -0.1) is 21.5 Å². The van der Waals surface area contributed by atoms with Crippen molar-refractivity contribution in [1.29, 1.82) is 0 Å². The number of fused-ring (bicyclic) bond motifs is 3. The molecule has 0 bridgehead atoms. The van der Waals surface area contributed by atoms with E-state index in [0.29, 0.717) is 28.5 Å². The van der Waals surface area contributed by atoms with Crippen LogP contribution in [-0.2, 0) is 19.1 Å². The number of carbonyl (C=O) groups is 2. The standard InChI is InChI=1S/C32H33FN4O5S/c1-17-18(2)43-31-28(17)29(34-25(15-26(38)40-7)30-36-35-19(3)37(30)31)21-10-8-20(9-11-21)23-13-12-22(14-24(23)33)41-16-27(39)42-32(4,5)6/h8-14,25H,15-16H2,1-7H3/t25-/m0/s1. The first kappa shape index (κ1) is 30.1. The number of aliphatic imine (C=N–C) groups is 1. The molecular weight excluding hydrogens is 571 g/mol. The SMILES string of the molecule is COC(=O)C[C@@H]1N=C(c2ccc(-c3ccc(OCC(=O)OC(C)(C)C)cc3F)cc2)c2c(sc(C)c2C)-n2c(C)nnc21. The molecule has 43 heavy (non-hydrogen) atoms. The van der Waals surface area contributed by atoms with Crippen molar-refractivity contribution < 1.29 is 28.2 Å². The Morgan fingerprint density at radius 1 is 1.00 bits per heavy atom. The third-order valence-corrected chi connectivity index (χ3v) is 8.21. The van der Waals surface area contributed by atoms with E-state index in [9.17, 15) is 9.59 Å². The minimum absolute atomic E-state index is 0.0107. The molecule has 1 aliphatic heterocycles. The minimum Gasteiger partial charge on any atom is -0.482 e. The average Bonchev–Trinajstić information content (AvgIpc) is 3.43. The minimum atomic E-state index is -0.632. The van der Waals surface area contributed by atoms with E-state index in [-0.39, 0.29) is 18.8 Å². The highest BCUT2D eigenvalue weighted by Crippen LogP contribution is 2.40. The first-order chi connectivity index (χ1) is 20.4. The first-order valence-electron chi connectivity index (χ1n) is 13.8. The predicted molar refractivity (Wildman–Crippen MR) is 162 cm³/mol. The normalized spacial score (nSPS) is 14.3. The summed E-state index contributed by atoms with van der Waals surface area (Å²) in [5.41, 5.74) is 3.97. The summed E-state index contributed by atoms with van der Waals surface area (Å²) in [5.74, 6) is 0.0895. The molecule has 9 nitrogen and oxygen atoms in total. The lowest BCUT2D eigenvalue weighted by atomic mass is 9.97. The van der Waals surface area contributed by atoms with Crippen LogP contribution in [0.15, 0.2) is 47.5 Å². The summed E-state index contributed by atoms with van der Waals surface area (Å²) in [4.78, 5) is 30.5. The predicted octanol–water partition coefficient (Wildman–Crippen LogP) is 6.24. The number of thiophene rings is 1. The number of benzene rings is 2. The van der Waals surface area contributed by atoms with Crippen LogP contribution in [0.1, 0.15) is 66.5 Å². The highest BCUT2D eigenvalue weighted by Gasteiger charge is 2.32. The van der Waals surface area contributed by atoms with Crippen LogP contribution in [0.4, 0.5) is 4.39 Å². The van der Waals surface area contributed by atoms with Gasteiger partial charge in [-0.1, -0.05) is 24.3 Å². The number of carbonyl (C=O) groups excluding carboxylic acids is 2. The van der Waals surface area contributed by atoms with E-state index in [1.54, 1.807) is 44.2 Å². The topological polar surface area (TPSA) is 105 Å². The second-order valence-electron chi connectivity index (χ2n) is 11.3. The van der Waals surface area contributed by atoms with Gasteiger partial charge in [-0.2, -0.15) is 0 Å². The molecule has 1 atom stereocenters. The lowest BCUT2D eigenvalue weighted by Crippen LogP contribution is -2.27. The molecule has 5 rings (SSSR count). The lowest BCUT2D eigenvalue weighted by Gasteiger charge is -2.19. The smallest absolute Gasteiger partial charge is 0.344 e. The van der Waals surface area contributed by atoms with E-state index in [1.165, 1.54) is 13.2 Å². The molecule has 11 heteroatoms. The van der Waals surface area contributed by atoms with Crippen molar-refractivity contribution in [3.05, 3.63) is 81.5 Å². The van der Waals surface area contributed by atoms with Gasteiger partial charge in [-0.05, 0) is 64.8 Å². The van der Waals surface area contributed by atoms with Gasteiger partial charge >= 0.3 is 11.9 Å². The quantitative estimate of drug-likeness (QED) is 0.230. The fraction of sp³-hybridized carbons (Fsp3) is 0.344. The van der Waals surface area contributed by atoms with Crippen molar-refractivity contribution in [1.82, 2.24) is 14.8 Å². The van der Waals surface area contributed by atoms with E-state index in [0.717, 1.165) is 26.6 Å². The van der Waals surface area contributed by atoms with Crippen LogP contribution in [0, 0.1) is 26.6 Å². The Labute approximate surface area is 253 Å². The Hall–Kier alpha value is -4.38. The number of methoxy groups -OCH3 is 1. The number of aryl methyl sites for hydroxylation is 2. The summed E-state index contributed by atoms with van der Waals surface area (Å²) in [7, 11) is 1.35. The Balaban J connectivity index is 1.47. The van der Waals surface area contributed by atoms with Crippen LogP contribution >= 0.6 is 11.3 Å². The second kappa shape index (κ2) is 11.7. The Morgan fingerprint density at radius 2 is 1.70 bits per heavy atom. The number of halogens is 1. The molecule has 2 aromatic heterocycles. The molecule has 0 spiro atoms. The number of hydrogen-bond donors (Lipinski definition) is 0. The highest BCUT2D eigenvalue weighted by atomic mass is 32.1. The maximum Gasteiger partial charge on any atom is 0.344 e. The van der Waals surface area contributed by atoms with Gasteiger partial charge in [0.1, 0.15) is 34.0 Å². The van der Waals surface area contributed by atoms with Crippen molar-refractivity contribution in [2.75, 3.05) is 13.7 Å².